The van der Waals surface area contributed by atoms with E-state index in [0.29, 0.717) is 51.8 Å². The lowest BCUT2D eigenvalue weighted by atomic mass is 10.0. The number of nitrogens with zero attached hydrogens (tertiary/aromatic N) is 2. The molecule has 2 aliphatic heterocycles. The molecule has 0 aromatic heterocycles. The number of methoxy groups -OCH3 is 1. The molecule has 2 heterocycles. The maximum absolute atomic E-state index is 13.2. The van der Waals surface area contributed by atoms with E-state index in [4.69, 9.17) is 14.2 Å². The van der Waals surface area contributed by atoms with Crippen LogP contribution in [0.3, 0.4) is 0 Å². The molecule has 1 amide bonds. The van der Waals surface area contributed by atoms with Crippen molar-refractivity contribution < 1.29 is 27.4 Å². The molecule has 0 spiro atoms. The number of morpholine rings is 2. The molecule has 27 heavy (non-hydrogen) atoms. The van der Waals surface area contributed by atoms with Gasteiger partial charge in [0.05, 0.1) is 49.5 Å². The number of sulfonamides is 1. The average molecular weight is 398 g/mol. The molecule has 150 valence electrons. The molecule has 1 aromatic carbocycles. The second-order valence-corrected chi connectivity index (χ2v) is 9.14. The Labute approximate surface area is 160 Å². The molecule has 2 saturated heterocycles. The quantitative estimate of drug-likeness (QED) is 0.751. The molecule has 2 aliphatic rings. The standard InChI is InChI=1S/C18H26N2O6S/c1-18(2)13-26-11-8-20(18)17(21)15-12-14(4-5-16(15)24-3)27(22,23)19-6-9-25-10-7-19/h4-5,12H,6-11,13H2,1-3H3. The van der Waals surface area contributed by atoms with Crippen molar-refractivity contribution in [2.45, 2.75) is 24.3 Å². The zero-order chi connectivity index (χ0) is 19.7. The highest BCUT2D eigenvalue weighted by atomic mass is 32.2. The van der Waals surface area contributed by atoms with Gasteiger partial charge < -0.3 is 19.1 Å². The maximum atomic E-state index is 13.2. The smallest absolute Gasteiger partial charge is 0.258 e. The van der Waals surface area contributed by atoms with E-state index in [1.54, 1.807) is 4.90 Å². The van der Waals surface area contributed by atoms with E-state index in [9.17, 15) is 13.2 Å². The third-order valence-corrected chi connectivity index (χ3v) is 6.79. The maximum Gasteiger partial charge on any atom is 0.258 e. The monoisotopic (exact) mass is 398 g/mol. The van der Waals surface area contributed by atoms with Crippen LogP contribution in [0, 0.1) is 0 Å². The van der Waals surface area contributed by atoms with Crippen LogP contribution in [0.2, 0.25) is 0 Å². The number of ether oxygens (including phenoxy) is 3. The van der Waals surface area contributed by atoms with E-state index < -0.39 is 15.6 Å². The minimum Gasteiger partial charge on any atom is -0.496 e. The van der Waals surface area contributed by atoms with Crippen LogP contribution in [0.1, 0.15) is 24.2 Å². The zero-order valence-corrected chi connectivity index (χ0v) is 16.8. The molecule has 1 aromatic rings. The summed E-state index contributed by atoms with van der Waals surface area (Å²) in [5.41, 5.74) is -0.249. The summed E-state index contributed by atoms with van der Waals surface area (Å²) in [7, 11) is -2.24. The van der Waals surface area contributed by atoms with Gasteiger partial charge in [0.1, 0.15) is 5.75 Å². The highest BCUT2D eigenvalue weighted by Crippen LogP contribution is 2.29. The summed E-state index contributed by atoms with van der Waals surface area (Å²) in [5.74, 6) is 0.0856. The summed E-state index contributed by atoms with van der Waals surface area (Å²) in [6.07, 6.45) is 0. The minimum atomic E-state index is -3.70. The van der Waals surface area contributed by atoms with Crippen molar-refractivity contribution in [1.82, 2.24) is 9.21 Å². The summed E-state index contributed by atoms with van der Waals surface area (Å²) in [5, 5.41) is 0. The van der Waals surface area contributed by atoms with Crippen molar-refractivity contribution in [3.05, 3.63) is 23.8 Å². The van der Waals surface area contributed by atoms with Crippen molar-refractivity contribution in [3.63, 3.8) is 0 Å². The fourth-order valence-electron chi connectivity index (χ4n) is 3.33. The second kappa shape index (κ2) is 7.75. The molecule has 3 rings (SSSR count). The molecule has 0 atom stereocenters. The van der Waals surface area contributed by atoms with Crippen molar-refractivity contribution >= 4 is 15.9 Å². The first-order valence-electron chi connectivity index (χ1n) is 8.93. The number of carbonyl (C=O) groups is 1. The van der Waals surface area contributed by atoms with E-state index >= 15 is 0 Å². The molecule has 0 unspecified atom stereocenters. The Kier molecular flexibility index (Phi) is 5.76. The number of hydrogen-bond acceptors (Lipinski definition) is 6. The van der Waals surface area contributed by atoms with Crippen LogP contribution in [0.15, 0.2) is 23.1 Å². The Balaban J connectivity index is 1.97. The van der Waals surface area contributed by atoms with Gasteiger partial charge >= 0.3 is 0 Å². The van der Waals surface area contributed by atoms with Crippen LogP contribution in [-0.4, -0.2) is 82.2 Å². The summed E-state index contributed by atoms with van der Waals surface area (Å²) in [6.45, 7) is 6.48. The first-order valence-corrected chi connectivity index (χ1v) is 10.4. The van der Waals surface area contributed by atoms with E-state index in [0.717, 1.165) is 0 Å². The number of carbonyl (C=O) groups excluding carboxylic acids is 1. The van der Waals surface area contributed by atoms with E-state index in [-0.39, 0.29) is 16.4 Å². The van der Waals surface area contributed by atoms with E-state index in [2.05, 4.69) is 0 Å². The predicted molar refractivity (Wildman–Crippen MR) is 98.5 cm³/mol. The zero-order valence-electron chi connectivity index (χ0n) is 15.9. The molecule has 2 fully saturated rings. The summed E-state index contributed by atoms with van der Waals surface area (Å²) in [6, 6.07) is 4.43. The molecule has 0 N–H and O–H groups in total. The van der Waals surface area contributed by atoms with Gasteiger partial charge in [-0.25, -0.2) is 8.42 Å². The summed E-state index contributed by atoms with van der Waals surface area (Å²) >= 11 is 0. The fourth-order valence-corrected chi connectivity index (χ4v) is 4.77. The molecule has 0 bridgehead atoms. The van der Waals surface area contributed by atoms with Gasteiger partial charge in [-0.3, -0.25) is 4.79 Å². The molecule has 0 saturated carbocycles. The van der Waals surface area contributed by atoms with Crippen molar-refractivity contribution in [2.24, 2.45) is 0 Å². The molecule has 9 heteroatoms. The van der Waals surface area contributed by atoms with Crippen LogP contribution in [0.5, 0.6) is 5.75 Å². The van der Waals surface area contributed by atoms with Gasteiger partial charge in [0.15, 0.2) is 0 Å². The lowest BCUT2D eigenvalue weighted by Crippen LogP contribution is -2.55. The Morgan fingerprint density at radius 2 is 1.78 bits per heavy atom. The van der Waals surface area contributed by atoms with Gasteiger partial charge in [0, 0.05) is 19.6 Å². The molecular weight excluding hydrogens is 372 g/mol. The first-order chi connectivity index (χ1) is 12.8. The van der Waals surface area contributed by atoms with Gasteiger partial charge in [-0.05, 0) is 32.0 Å². The average Bonchev–Trinajstić information content (AvgIpc) is 2.67. The van der Waals surface area contributed by atoms with Crippen LogP contribution >= 0.6 is 0 Å². The Bertz CT molecular complexity index is 802. The van der Waals surface area contributed by atoms with Gasteiger partial charge in [-0.15, -0.1) is 0 Å². The lowest BCUT2D eigenvalue weighted by Gasteiger charge is -2.42. The van der Waals surface area contributed by atoms with Crippen LogP contribution in [-0.2, 0) is 19.5 Å². The third kappa shape index (κ3) is 3.96. The van der Waals surface area contributed by atoms with Gasteiger partial charge in [-0.1, -0.05) is 0 Å². The van der Waals surface area contributed by atoms with E-state index in [1.807, 2.05) is 13.8 Å². The third-order valence-electron chi connectivity index (χ3n) is 4.90. The van der Waals surface area contributed by atoms with Gasteiger partial charge in [-0.2, -0.15) is 4.31 Å². The van der Waals surface area contributed by atoms with Crippen LogP contribution in [0.25, 0.3) is 0 Å². The number of amides is 1. The highest BCUT2D eigenvalue weighted by Gasteiger charge is 2.36. The largest absolute Gasteiger partial charge is 0.496 e. The SMILES string of the molecule is COc1ccc(S(=O)(=O)N2CCOCC2)cc1C(=O)N1CCOCC1(C)C. The Morgan fingerprint density at radius 1 is 1.11 bits per heavy atom. The second-order valence-electron chi connectivity index (χ2n) is 7.20. The highest BCUT2D eigenvalue weighted by molar-refractivity contribution is 7.89. The molecule has 0 aliphatic carbocycles. The lowest BCUT2D eigenvalue weighted by molar-refractivity contribution is -0.0371. The normalized spacial score (nSPS) is 21.1. The van der Waals surface area contributed by atoms with Gasteiger partial charge in [0.25, 0.3) is 5.91 Å². The Morgan fingerprint density at radius 3 is 2.41 bits per heavy atom. The van der Waals surface area contributed by atoms with Crippen molar-refractivity contribution in [1.29, 1.82) is 0 Å². The molecule has 8 nitrogen and oxygen atoms in total. The minimum absolute atomic E-state index is 0.0830. The number of hydrogen-bond donors (Lipinski definition) is 0. The summed E-state index contributed by atoms with van der Waals surface area (Å²) in [4.78, 5) is 15.0. The van der Waals surface area contributed by atoms with E-state index in [1.165, 1.54) is 29.6 Å². The number of benzene rings is 1. The Hall–Kier alpha value is -1.68. The van der Waals surface area contributed by atoms with Crippen LogP contribution < -0.4 is 4.74 Å². The van der Waals surface area contributed by atoms with Crippen LogP contribution in [0.4, 0.5) is 0 Å². The molecule has 0 radical (unpaired) electrons. The van der Waals surface area contributed by atoms with Crippen molar-refractivity contribution in [2.75, 3.05) is 53.2 Å². The summed E-state index contributed by atoms with van der Waals surface area (Å²) < 4.78 is 43.3. The molecular formula is C18H26N2O6S. The van der Waals surface area contributed by atoms with Gasteiger partial charge in [0.2, 0.25) is 10.0 Å². The predicted octanol–water partition coefficient (Wildman–Crippen LogP) is 0.967. The number of rotatable bonds is 4. The fraction of sp³-hybridized carbons (Fsp3) is 0.611. The first kappa shape index (κ1) is 20.1. The topological polar surface area (TPSA) is 85.4 Å². The van der Waals surface area contributed by atoms with Crippen molar-refractivity contribution in [3.8, 4) is 5.75 Å².